The van der Waals surface area contributed by atoms with Gasteiger partial charge in [0.25, 0.3) is 0 Å². The first-order valence-electron chi connectivity index (χ1n) is 5.11. The van der Waals surface area contributed by atoms with Gasteiger partial charge in [-0.15, -0.1) is 0 Å². The molecule has 15 heavy (non-hydrogen) atoms. The van der Waals surface area contributed by atoms with Crippen molar-refractivity contribution in [3.8, 4) is 0 Å². The van der Waals surface area contributed by atoms with Crippen LogP contribution in [0.3, 0.4) is 0 Å². The van der Waals surface area contributed by atoms with Crippen molar-refractivity contribution in [2.24, 2.45) is 0 Å². The fraction of sp³-hybridized carbons (Fsp3) is 0.417. The Kier molecular flexibility index (Phi) is 4.31. The van der Waals surface area contributed by atoms with E-state index in [9.17, 15) is 4.79 Å². The Labute approximate surface area is 90.1 Å². The van der Waals surface area contributed by atoms with Crippen molar-refractivity contribution in [2.75, 3.05) is 6.61 Å². The SMILES string of the molecule is CC(C(=O)N[C@@H](C)CO)c1ccccc1. The molecule has 3 heteroatoms. The highest BCUT2D eigenvalue weighted by molar-refractivity contribution is 5.83. The molecule has 2 N–H and O–H groups in total. The molecule has 1 amide bonds. The summed E-state index contributed by atoms with van der Waals surface area (Å²) in [6, 6.07) is 9.40. The lowest BCUT2D eigenvalue weighted by atomic mass is 10.0. The van der Waals surface area contributed by atoms with Crippen LogP contribution in [0.1, 0.15) is 25.3 Å². The second-order valence-electron chi connectivity index (χ2n) is 3.72. The number of benzene rings is 1. The highest BCUT2D eigenvalue weighted by atomic mass is 16.3. The molecule has 0 aliphatic carbocycles. The Balaban J connectivity index is 2.61. The number of nitrogens with one attached hydrogen (secondary N) is 1. The number of carbonyl (C=O) groups excluding carboxylic acids is 1. The maximum Gasteiger partial charge on any atom is 0.227 e. The fourth-order valence-electron chi connectivity index (χ4n) is 1.31. The third-order valence-electron chi connectivity index (χ3n) is 2.36. The summed E-state index contributed by atoms with van der Waals surface area (Å²) >= 11 is 0. The van der Waals surface area contributed by atoms with Crippen molar-refractivity contribution in [2.45, 2.75) is 25.8 Å². The van der Waals surface area contributed by atoms with E-state index < -0.39 is 0 Å². The van der Waals surface area contributed by atoms with Gasteiger partial charge in [0.15, 0.2) is 0 Å². The first kappa shape index (κ1) is 11.7. The van der Waals surface area contributed by atoms with Crippen LogP contribution < -0.4 is 5.32 Å². The minimum absolute atomic E-state index is 0.0345. The second-order valence-corrected chi connectivity index (χ2v) is 3.72. The van der Waals surface area contributed by atoms with Crippen molar-refractivity contribution in [3.05, 3.63) is 35.9 Å². The van der Waals surface area contributed by atoms with Crippen LogP contribution in [0.5, 0.6) is 0 Å². The number of aliphatic hydroxyl groups excluding tert-OH is 1. The van der Waals surface area contributed by atoms with E-state index in [1.165, 1.54) is 0 Å². The standard InChI is InChI=1S/C12H17NO2/c1-9(8-14)13-12(15)10(2)11-6-4-3-5-7-11/h3-7,9-10,14H,8H2,1-2H3,(H,13,15)/t9-,10?/m0/s1. The molecule has 0 spiro atoms. The molecule has 0 aliphatic rings. The van der Waals surface area contributed by atoms with Crippen LogP contribution in [0.4, 0.5) is 0 Å². The third kappa shape index (κ3) is 3.36. The van der Waals surface area contributed by atoms with E-state index in [1.807, 2.05) is 37.3 Å². The smallest absolute Gasteiger partial charge is 0.227 e. The van der Waals surface area contributed by atoms with Gasteiger partial charge in [-0.1, -0.05) is 30.3 Å². The molecule has 3 nitrogen and oxygen atoms in total. The summed E-state index contributed by atoms with van der Waals surface area (Å²) in [6.07, 6.45) is 0. The summed E-state index contributed by atoms with van der Waals surface area (Å²) in [6.45, 7) is 3.59. The monoisotopic (exact) mass is 207 g/mol. The predicted molar refractivity (Wildman–Crippen MR) is 59.5 cm³/mol. The average molecular weight is 207 g/mol. The maximum atomic E-state index is 11.7. The molecule has 0 radical (unpaired) electrons. The number of aliphatic hydroxyl groups is 1. The molecule has 0 aliphatic heterocycles. The quantitative estimate of drug-likeness (QED) is 0.781. The van der Waals surface area contributed by atoms with Crippen LogP contribution in [-0.2, 0) is 4.79 Å². The van der Waals surface area contributed by atoms with Crippen LogP contribution in [0.2, 0.25) is 0 Å². The molecular weight excluding hydrogens is 190 g/mol. The zero-order valence-corrected chi connectivity index (χ0v) is 9.10. The van der Waals surface area contributed by atoms with Gasteiger partial charge in [0, 0.05) is 6.04 Å². The van der Waals surface area contributed by atoms with E-state index in [2.05, 4.69) is 5.32 Å². The van der Waals surface area contributed by atoms with Gasteiger partial charge in [-0.2, -0.15) is 0 Å². The Morgan fingerprint density at radius 1 is 1.33 bits per heavy atom. The van der Waals surface area contributed by atoms with Crippen LogP contribution >= 0.6 is 0 Å². The van der Waals surface area contributed by atoms with Crippen LogP contribution in [-0.4, -0.2) is 23.7 Å². The van der Waals surface area contributed by atoms with Gasteiger partial charge < -0.3 is 10.4 Å². The summed E-state index contributed by atoms with van der Waals surface area (Å²) in [5.74, 6) is -0.233. The molecule has 0 saturated carbocycles. The summed E-state index contributed by atoms with van der Waals surface area (Å²) in [4.78, 5) is 11.7. The normalized spacial score (nSPS) is 14.3. The number of hydrogen-bond acceptors (Lipinski definition) is 2. The van der Waals surface area contributed by atoms with Crippen molar-refractivity contribution in [3.63, 3.8) is 0 Å². The van der Waals surface area contributed by atoms with E-state index >= 15 is 0 Å². The van der Waals surface area contributed by atoms with Gasteiger partial charge in [0.2, 0.25) is 5.91 Å². The van der Waals surface area contributed by atoms with E-state index in [-0.39, 0.29) is 24.5 Å². The molecule has 0 bridgehead atoms. The molecule has 2 atom stereocenters. The molecule has 1 unspecified atom stereocenters. The minimum atomic E-state index is -0.191. The van der Waals surface area contributed by atoms with Crippen LogP contribution in [0, 0.1) is 0 Å². The van der Waals surface area contributed by atoms with Crippen LogP contribution in [0.25, 0.3) is 0 Å². The summed E-state index contributed by atoms with van der Waals surface area (Å²) in [7, 11) is 0. The van der Waals surface area contributed by atoms with Gasteiger partial charge in [0.05, 0.1) is 12.5 Å². The predicted octanol–water partition coefficient (Wildman–Crippen LogP) is 1.29. The summed E-state index contributed by atoms with van der Waals surface area (Å²) in [5.41, 5.74) is 0.986. The van der Waals surface area contributed by atoms with Crippen molar-refractivity contribution in [1.29, 1.82) is 0 Å². The van der Waals surface area contributed by atoms with Gasteiger partial charge in [-0.05, 0) is 19.4 Å². The Hall–Kier alpha value is -1.35. The largest absolute Gasteiger partial charge is 0.394 e. The van der Waals surface area contributed by atoms with Gasteiger partial charge in [-0.25, -0.2) is 0 Å². The number of carbonyl (C=O) groups is 1. The molecule has 1 aromatic carbocycles. The minimum Gasteiger partial charge on any atom is -0.394 e. The number of rotatable bonds is 4. The molecular formula is C12H17NO2. The zero-order valence-electron chi connectivity index (χ0n) is 9.10. The third-order valence-corrected chi connectivity index (χ3v) is 2.36. The lowest BCUT2D eigenvalue weighted by Crippen LogP contribution is -2.37. The van der Waals surface area contributed by atoms with Gasteiger partial charge in [0.1, 0.15) is 0 Å². The molecule has 1 rings (SSSR count). The first-order valence-corrected chi connectivity index (χ1v) is 5.11. The van der Waals surface area contributed by atoms with E-state index in [0.717, 1.165) is 5.56 Å². The summed E-state index contributed by atoms with van der Waals surface area (Å²) in [5, 5.41) is 11.6. The number of amides is 1. The second kappa shape index (κ2) is 5.51. The highest BCUT2D eigenvalue weighted by Crippen LogP contribution is 2.14. The van der Waals surface area contributed by atoms with Crippen LogP contribution in [0.15, 0.2) is 30.3 Å². The molecule has 0 fully saturated rings. The summed E-state index contributed by atoms with van der Waals surface area (Å²) < 4.78 is 0. The van der Waals surface area contributed by atoms with E-state index in [0.29, 0.717) is 0 Å². The highest BCUT2D eigenvalue weighted by Gasteiger charge is 2.15. The molecule has 0 heterocycles. The Morgan fingerprint density at radius 3 is 2.47 bits per heavy atom. The molecule has 1 aromatic rings. The lowest BCUT2D eigenvalue weighted by Gasteiger charge is -2.15. The maximum absolute atomic E-state index is 11.7. The lowest BCUT2D eigenvalue weighted by molar-refractivity contribution is -0.123. The molecule has 0 saturated heterocycles. The average Bonchev–Trinajstić information content (AvgIpc) is 2.29. The van der Waals surface area contributed by atoms with Crippen molar-refractivity contribution < 1.29 is 9.90 Å². The van der Waals surface area contributed by atoms with Gasteiger partial charge in [-0.3, -0.25) is 4.79 Å². The van der Waals surface area contributed by atoms with Gasteiger partial charge >= 0.3 is 0 Å². The Bertz CT molecular complexity index is 311. The fourth-order valence-corrected chi connectivity index (χ4v) is 1.31. The molecule has 0 aromatic heterocycles. The van der Waals surface area contributed by atoms with Crippen molar-refractivity contribution >= 4 is 5.91 Å². The molecule has 82 valence electrons. The van der Waals surface area contributed by atoms with Crippen molar-refractivity contribution in [1.82, 2.24) is 5.32 Å². The van der Waals surface area contributed by atoms with E-state index in [4.69, 9.17) is 5.11 Å². The topological polar surface area (TPSA) is 49.3 Å². The zero-order chi connectivity index (χ0) is 11.3. The van der Waals surface area contributed by atoms with E-state index in [1.54, 1.807) is 6.92 Å². The Morgan fingerprint density at radius 2 is 1.93 bits per heavy atom. The number of hydrogen-bond donors (Lipinski definition) is 2. The first-order chi connectivity index (χ1) is 7.15.